The number of thioether (sulfide) groups is 1. The second-order valence-electron chi connectivity index (χ2n) is 10.3. The van der Waals surface area contributed by atoms with Gasteiger partial charge in [0, 0.05) is 6.54 Å². The molecule has 1 fully saturated rings. The molecule has 3 atom stereocenters. The van der Waals surface area contributed by atoms with Crippen molar-refractivity contribution in [2.24, 2.45) is 23.7 Å². The molecule has 1 aliphatic carbocycles. The molecule has 7 heteroatoms. The van der Waals surface area contributed by atoms with E-state index >= 15 is 0 Å². The number of benzene rings is 1. The highest BCUT2D eigenvalue weighted by Gasteiger charge is 2.33. The van der Waals surface area contributed by atoms with Crippen molar-refractivity contribution >= 4 is 17.7 Å². The molecule has 1 saturated carbocycles. The van der Waals surface area contributed by atoms with Gasteiger partial charge in [0.15, 0.2) is 11.0 Å². The standard InChI is InChI=1S/C27H41N3O3S/c1-7-21-9-11-22(12-10-21)32-16-25-28-29-27(30(25)15-18(2)3)34-17-26(31)33-24-14-20(6)8-13-23(24)19(4)5/h9-12,18-20,23-24H,7-8,13-17H2,1-6H3/t20-,23-,24-/m1/s1. The maximum atomic E-state index is 12.7. The highest BCUT2D eigenvalue weighted by atomic mass is 32.2. The van der Waals surface area contributed by atoms with Crippen LogP contribution in [-0.4, -0.2) is 32.6 Å². The molecule has 1 aliphatic rings. The zero-order valence-corrected chi connectivity index (χ0v) is 22.4. The van der Waals surface area contributed by atoms with Gasteiger partial charge in [0.2, 0.25) is 0 Å². The minimum atomic E-state index is -0.164. The number of hydrogen-bond donors (Lipinski definition) is 0. The van der Waals surface area contributed by atoms with Crippen molar-refractivity contribution in [3.63, 3.8) is 0 Å². The van der Waals surface area contributed by atoms with Gasteiger partial charge >= 0.3 is 5.97 Å². The normalized spacial score (nSPS) is 20.6. The van der Waals surface area contributed by atoms with Gasteiger partial charge in [-0.05, 0) is 60.6 Å². The van der Waals surface area contributed by atoms with Gasteiger partial charge in [-0.1, -0.05) is 71.9 Å². The molecule has 188 valence electrons. The summed E-state index contributed by atoms with van der Waals surface area (Å²) in [5.74, 6) is 3.65. The minimum Gasteiger partial charge on any atom is -0.486 e. The summed E-state index contributed by atoms with van der Waals surface area (Å²) in [6.45, 7) is 14.3. The number of nitrogens with zero attached hydrogens (tertiary/aromatic N) is 3. The van der Waals surface area contributed by atoms with Crippen molar-refractivity contribution in [3.8, 4) is 5.75 Å². The number of rotatable bonds is 11. The summed E-state index contributed by atoms with van der Waals surface area (Å²) < 4.78 is 14.0. The first-order chi connectivity index (χ1) is 16.3. The molecule has 0 amide bonds. The summed E-state index contributed by atoms with van der Waals surface area (Å²) >= 11 is 1.40. The van der Waals surface area contributed by atoms with Crippen molar-refractivity contribution in [2.75, 3.05) is 5.75 Å². The molecule has 0 N–H and O–H groups in total. The van der Waals surface area contributed by atoms with Gasteiger partial charge in [-0.3, -0.25) is 4.79 Å². The van der Waals surface area contributed by atoms with E-state index in [1.807, 2.05) is 12.1 Å². The van der Waals surface area contributed by atoms with Gasteiger partial charge in [0.05, 0.1) is 5.75 Å². The smallest absolute Gasteiger partial charge is 0.316 e. The maximum absolute atomic E-state index is 12.7. The summed E-state index contributed by atoms with van der Waals surface area (Å²) in [7, 11) is 0. The Morgan fingerprint density at radius 3 is 2.53 bits per heavy atom. The molecule has 6 nitrogen and oxygen atoms in total. The van der Waals surface area contributed by atoms with Crippen molar-refractivity contribution in [3.05, 3.63) is 35.7 Å². The van der Waals surface area contributed by atoms with Crippen molar-refractivity contribution < 1.29 is 14.3 Å². The molecule has 0 radical (unpaired) electrons. The Balaban J connectivity index is 1.60. The van der Waals surface area contributed by atoms with Crippen LogP contribution in [0.5, 0.6) is 5.75 Å². The summed E-state index contributed by atoms with van der Waals surface area (Å²) in [5, 5.41) is 9.48. The molecule has 3 rings (SSSR count). The first kappa shape index (κ1) is 26.6. The Hall–Kier alpha value is -2.02. The number of carbonyl (C=O) groups excluding carboxylic acids is 1. The van der Waals surface area contributed by atoms with E-state index in [9.17, 15) is 4.79 Å². The largest absolute Gasteiger partial charge is 0.486 e. The highest BCUT2D eigenvalue weighted by Crippen LogP contribution is 2.35. The molecular weight excluding hydrogens is 446 g/mol. The van der Waals surface area contributed by atoms with Crippen LogP contribution in [0.3, 0.4) is 0 Å². The number of carbonyl (C=O) groups is 1. The Morgan fingerprint density at radius 2 is 1.88 bits per heavy atom. The number of esters is 1. The monoisotopic (exact) mass is 487 g/mol. The Labute approximate surface area is 209 Å². The fourth-order valence-corrected chi connectivity index (χ4v) is 5.38. The van der Waals surface area contributed by atoms with E-state index in [-0.39, 0.29) is 17.8 Å². The highest BCUT2D eigenvalue weighted by molar-refractivity contribution is 7.99. The van der Waals surface area contributed by atoms with E-state index in [1.54, 1.807) is 0 Å². The van der Waals surface area contributed by atoms with Crippen LogP contribution in [0, 0.1) is 23.7 Å². The SMILES string of the molecule is CCc1ccc(OCc2nnc(SCC(=O)O[C@@H]3C[C@H](C)CC[C@@H]3C(C)C)n2CC(C)C)cc1. The topological polar surface area (TPSA) is 66.2 Å². The first-order valence-corrected chi connectivity index (χ1v) is 13.7. The average molecular weight is 488 g/mol. The number of hydrogen-bond acceptors (Lipinski definition) is 6. The Kier molecular flexibility index (Phi) is 9.86. The summed E-state index contributed by atoms with van der Waals surface area (Å²) in [6, 6.07) is 8.14. The lowest BCUT2D eigenvalue weighted by Crippen LogP contribution is -2.36. The van der Waals surface area contributed by atoms with Gasteiger partial charge in [-0.15, -0.1) is 10.2 Å². The molecule has 0 unspecified atom stereocenters. The second kappa shape index (κ2) is 12.6. The van der Waals surface area contributed by atoms with Crippen LogP contribution in [0.4, 0.5) is 0 Å². The predicted molar refractivity (Wildman–Crippen MR) is 137 cm³/mol. The van der Waals surface area contributed by atoms with Gasteiger partial charge in [0.25, 0.3) is 0 Å². The molecular formula is C27H41N3O3S. The van der Waals surface area contributed by atoms with E-state index in [2.05, 4.69) is 68.4 Å². The molecule has 2 aromatic rings. The zero-order valence-electron chi connectivity index (χ0n) is 21.6. The third-order valence-corrected chi connectivity index (χ3v) is 7.54. The fraction of sp³-hybridized carbons (Fsp3) is 0.667. The number of ether oxygens (including phenoxy) is 2. The molecule has 0 saturated heterocycles. The van der Waals surface area contributed by atoms with Crippen LogP contribution >= 0.6 is 11.8 Å². The van der Waals surface area contributed by atoms with Crippen molar-refractivity contribution in [2.45, 2.75) is 91.6 Å². The molecule has 0 spiro atoms. The van der Waals surface area contributed by atoms with E-state index < -0.39 is 0 Å². The van der Waals surface area contributed by atoms with Crippen LogP contribution < -0.4 is 4.74 Å². The molecule has 1 heterocycles. The molecule has 1 aromatic heterocycles. The lowest BCUT2D eigenvalue weighted by molar-refractivity contribution is -0.152. The van der Waals surface area contributed by atoms with Gasteiger partial charge in [-0.2, -0.15) is 0 Å². The second-order valence-corrected chi connectivity index (χ2v) is 11.3. The Morgan fingerprint density at radius 1 is 1.15 bits per heavy atom. The van der Waals surface area contributed by atoms with Crippen molar-refractivity contribution in [1.82, 2.24) is 14.8 Å². The molecule has 1 aromatic carbocycles. The predicted octanol–water partition coefficient (Wildman–Crippen LogP) is 6.17. The summed E-state index contributed by atoms with van der Waals surface area (Å²) in [5.41, 5.74) is 1.28. The fourth-order valence-electron chi connectivity index (χ4n) is 4.63. The van der Waals surface area contributed by atoms with Gasteiger partial charge in [-0.25, -0.2) is 0 Å². The third kappa shape index (κ3) is 7.49. The van der Waals surface area contributed by atoms with E-state index in [1.165, 1.54) is 23.7 Å². The van der Waals surface area contributed by atoms with Crippen molar-refractivity contribution in [1.29, 1.82) is 0 Å². The number of aryl methyl sites for hydroxylation is 1. The van der Waals surface area contributed by atoms with E-state index in [0.717, 1.165) is 42.5 Å². The lowest BCUT2D eigenvalue weighted by Gasteiger charge is -2.36. The first-order valence-electron chi connectivity index (χ1n) is 12.7. The maximum Gasteiger partial charge on any atom is 0.316 e. The van der Waals surface area contributed by atoms with Gasteiger partial charge < -0.3 is 14.0 Å². The van der Waals surface area contributed by atoms with E-state index in [0.29, 0.717) is 30.3 Å². The average Bonchev–Trinajstić information content (AvgIpc) is 3.17. The summed E-state index contributed by atoms with van der Waals surface area (Å²) in [6.07, 6.45) is 4.34. The quantitative estimate of drug-likeness (QED) is 0.279. The van der Waals surface area contributed by atoms with E-state index in [4.69, 9.17) is 9.47 Å². The minimum absolute atomic E-state index is 0.0217. The van der Waals surface area contributed by atoms with Gasteiger partial charge in [0.1, 0.15) is 18.5 Å². The van der Waals surface area contributed by atoms with Crippen LogP contribution in [0.15, 0.2) is 29.4 Å². The van der Waals surface area contributed by atoms with Crippen LogP contribution in [0.25, 0.3) is 0 Å². The van der Waals surface area contributed by atoms with Crippen LogP contribution in [0.1, 0.15) is 72.2 Å². The Bertz CT molecular complexity index is 910. The lowest BCUT2D eigenvalue weighted by atomic mass is 9.75. The van der Waals surface area contributed by atoms with Crippen LogP contribution in [-0.2, 0) is 29.1 Å². The molecule has 34 heavy (non-hydrogen) atoms. The molecule has 0 bridgehead atoms. The number of aromatic nitrogens is 3. The zero-order chi connectivity index (χ0) is 24.7. The molecule has 0 aliphatic heterocycles. The third-order valence-electron chi connectivity index (χ3n) is 6.60. The van der Waals surface area contributed by atoms with Crippen LogP contribution in [0.2, 0.25) is 0 Å². The summed E-state index contributed by atoms with van der Waals surface area (Å²) in [4.78, 5) is 12.7.